The van der Waals surface area contributed by atoms with Gasteiger partial charge in [-0.25, -0.2) is 28.1 Å². The molecule has 0 aliphatic rings. The normalized spacial score (nSPS) is 11.4. The van der Waals surface area contributed by atoms with Crippen molar-refractivity contribution in [3.05, 3.63) is 67.6 Å². The van der Waals surface area contributed by atoms with E-state index >= 15 is 0 Å². The molecule has 12 heteroatoms. The molecular formula is C22H16N6O5S. The molecule has 0 atom stereocenters. The number of aliphatic imine (C=N–C) groups is 1. The van der Waals surface area contributed by atoms with Gasteiger partial charge in [0.05, 0.1) is 11.1 Å². The van der Waals surface area contributed by atoms with Gasteiger partial charge in [0.2, 0.25) is 11.7 Å². The molecule has 0 radical (unpaired) electrons. The van der Waals surface area contributed by atoms with E-state index in [1.54, 1.807) is 36.4 Å². The van der Waals surface area contributed by atoms with Crippen LogP contribution in [0.25, 0.3) is 33.8 Å². The average Bonchev–Trinajstić information content (AvgIpc) is 3.62. The lowest BCUT2D eigenvalue weighted by Crippen LogP contribution is -2.14. The number of hydrogen-bond acceptors (Lipinski definition) is 10. The van der Waals surface area contributed by atoms with Crippen LogP contribution in [0.2, 0.25) is 0 Å². The molecule has 5 aromatic rings. The van der Waals surface area contributed by atoms with Crippen LogP contribution in [0.1, 0.15) is 0 Å². The van der Waals surface area contributed by atoms with Crippen molar-refractivity contribution < 1.29 is 21.8 Å². The minimum absolute atomic E-state index is 0.0126. The summed E-state index contributed by atoms with van der Waals surface area (Å²) in [6, 6.07) is 11.8. The number of aromatic nitrogens is 3. The van der Waals surface area contributed by atoms with Crippen molar-refractivity contribution in [2.24, 2.45) is 4.99 Å². The zero-order valence-electron chi connectivity index (χ0n) is 17.4. The Morgan fingerprint density at radius 3 is 2.62 bits per heavy atom. The Morgan fingerprint density at radius 2 is 1.91 bits per heavy atom. The standard InChI is InChI=1S/C22H16N6O5S/c1-24-20-19(23)22(33-27-20)28-34(29,30)18-5-3-2-4-15(18)14-7-6-13(21-25-8-9-32-21)10-16(14)17-11-31-12-26-17/h2-12,28H,1,23H2. The molecule has 5 rings (SSSR count). The average molecular weight is 476 g/mol. The zero-order chi connectivity index (χ0) is 23.7. The maximum absolute atomic E-state index is 13.3. The molecule has 11 nitrogen and oxygen atoms in total. The largest absolute Gasteiger partial charge is 0.451 e. The lowest BCUT2D eigenvalue weighted by atomic mass is 9.95. The minimum atomic E-state index is -4.15. The van der Waals surface area contributed by atoms with Crippen molar-refractivity contribution in [1.29, 1.82) is 0 Å². The monoisotopic (exact) mass is 476 g/mol. The highest BCUT2D eigenvalue weighted by molar-refractivity contribution is 7.92. The number of hydrogen-bond donors (Lipinski definition) is 2. The number of anilines is 2. The van der Waals surface area contributed by atoms with Gasteiger partial charge in [0, 0.05) is 16.7 Å². The highest BCUT2D eigenvalue weighted by Crippen LogP contribution is 2.38. The molecule has 0 bridgehead atoms. The number of nitrogen functional groups attached to an aromatic ring is 1. The first kappa shape index (κ1) is 21.2. The topological polar surface area (TPSA) is 163 Å². The van der Waals surface area contributed by atoms with Crippen LogP contribution < -0.4 is 10.5 Å². The van der Waals surface area contributed by atoms with Crippen LogP contribution in [-0.2, 0) is 10.0 Å². The van der Waals surface area contributed by atoms with E-state index in [9.17, 15) is 8.42 Å². The fourth-order valence-corrected chi connectivity index (χ4v) is 4.64. The Balaban J connectivity index is 1.64. The Labute approximate surface area is 193 Å². The van der Waals surface area contributed by atoms with Crippen molar-refractivity contribution in [2.75, 3.05) is 10.5 Å². The van der Waals surface area contributed by atoms with E-state index in [4.69, 9.17) is 19.1 Å². The van der Waals surface area contributed by atoms with Gasteiger partial charge in [-0.1, -0.05) is 29.4 Å². The highest BCUT2D eigenvalue weighted by Gasteiger charge is 2.25. The summed E-state index contributed by atoms with van der Waals surface area (Å²) in [6.07, 6.45) is 5.76. The van der Waals surface area contributed by atoms with Crippen LogP contribution in [0.3, 0.4) is 0 Å². The van der Waals surface area contributed by atoms with Gasteiger partial charge in [-0.15, -0.1) is 0 Å². The van der Waals surface area contributed by atoms with E-state index in [1.165, 1.54) is 31.2 Å². The van der Waals surface area contributed by atoms with Gasteiger partial charge in [0.25, 0.3) is 15.9 Å². The van der Waals surface area contributed by atoms with E-state index in [-0.39, 0.29) is 22.3 Å². The molecule has 0 fully saturated rings. The summed E-state index contributed by atoms with van der Waals surface area (Å²) in [5.41, 5.74) is 8.58. The van der Waals surface area contributed by atoms with Gasteiger partial charge in [0.1, 0.15) is 23.9 Å². The lowest BCUT2D eigenvalue weighted by molar-refractivity contribution is 0.438. The van der Waals surface area contributed by atoms with Crippen molar-refractivity contribution in [2.45, 2.75) is 4.90 Å². The second-order valence-corrected chi connectivity index (χ2v) is 8.63. The van der Waals surface area contributed by atoms with Crippen LogP contribution in [0, 0.1) is 0 Å². The predicted molar refractivity (Wildman–Crippen MR) is 124 cm³/mol. The maximum Gasteiger partial charge on any atom is 0.264 e. The number of benzene rings is 2. The van der Waals surface area contributed by atoms with E-state index in [0.717, 1.165) is 0 Å². The van der Waals surface area contributed by atoms with Gasteiger partial charge in [-0.3, -0.25) is 0 Å². The summed E-state index contributed by atoms with van der Waals surface area (Å²) in [4.78, 5) is 12.0. The Hall–Kier alpha value is -4.71. The van der Waals surface area contributed by atoms with Gasteiger partial charge in [-0.2, -0.15) is 0 Å². The van der Waals surface area contributed by atoms with Crippen molar-refractivity contribution in [3.8, 4) is 33.8 Å². The van der Waals surface area contributed by atoms with Crippen LogP contribution in [0.5, 0.6) is 0 Å². The first-order valence-corrected chi connectivity index (χ1v) is 11.2. The van der Waals surface area contributed by atoms with Gasteiger partial charge in [-0.05, 0) is 30.5 Å². The number of nitrogens with two attached hydrogens (primary N) is 1. The van der Waals surface area contributed by atoms with E-state index in [2.05, 4.69) is 31.6 Å². The first-order valence-electron chi connectivity index (χ1n) is 9.74. The quantitative estimate of drug-likeness (QED) is 0.325. The Morgan fingerprint density at radius 1 is 1.06 bits per heavy atom. The van der Waals surface area contributed by atoms with Crippen LogP contribution in [0.4, 0.5) is 17.4 Å². The molecule has 0 amide bonds. The van der Waals surface area contributed by atoms with E-state index < -0.39 is 10.0 Å². The first-order chi connectivity index (χ1) is 16.5. The summed E-state index contributed by atoms with van der Waals surface area (Å²) in [7, 11) is -4.15. The SMILES string of the molecule is C=Nc1noc(NS(=O)(=O)c2ccccc2-c2ccc(-c3ncco3)cc2-c2cocn2)c1N. The van der Waals surface area contributed by atoms with Crippen molar-refractivity contribution >= 4 is 34.1 Å². The molecule has 3 heterocycles. The summed E-state index contributed by atoms with van der Waals surface area (Å²) in [5.74, 6) is 0.140. The third-order valence-electron chi connectivity index (χ3n) is 4.96. The van der Waals surface area contributed by atoms with Crippen molar-refractivity contribution in [1.82, 2.24) is 15.1 Å². The number of nitrogens with zero attached hydrogens (tertiary/aromatic N) is 4. The molecule has 0 aliphatic heterocycles. The van der Waals surface area contributed by atoms with E-state index in [1.807, 2.05) is 0 Å². The summed E-state index contributed by atoms with van der Waals surface area (Å²) >= 11 is 0. The van der Waals surface area contributed by atoms with Crippen LogP contribution in [0.15, 0.2) is 90.8 Å². The summed E-state index contributed by atoms with van der Waals surface area (Å²) < 4.78 is 44.6. The number of sulfonamides is 1. The molecule has 2 aromatic carbocycles. The molecule has 34 heavy (non-hydrogen) atoms. The fraction of sp³-hybridized carbons (Fsp3) is 0. The number of rotatable bonds is 7. The Bertz CT molecular complexity index is 1570. The maximum atomic E-state index is 13.3. The minimum Gasteiger partial charge on any atom is -0.451 e. The van der Waals surface area contributed by atoms with Gasteiger partial charge >= 0.3 is 0 Å². The third kappa shape index (κ3) is 3.71. The molecule has 0 unspecified atom stereocenters. The van der Waals surface area contributed by atoms with E-state index in [0.29, 0.717) is 33.8 Å². The third-order valence-corrected chi connectivity index (χ3v) is 6.35. The summed E-state index contributed by atoms with van der Waals surface area (Å²) in [6.45, 7) is 3.32. The number of nitrogens with one attached hydrogen (secondary N) is 1. The van der Waals surface area contributed by atoms with Gasteiger partial charge in [0.15, 0.2) is 6.39 Å². The molecule has 3 N–H and O–H groups in total. The predicted octanol–water partition coefficient (Wildman–Crippen LogP) is 4.37. The molecular weight excluding hydrogens is 460 g/mol. The molecule has 170 valence electrons. The molecule has 0 aliphatic carbocycles. The molecule has 0 spiro atoms. The van der Waals surface area contributed by atoms with Crippen LogP contribution in [-0.4, -0.2) is 30.3 Å². The lowest BCUT2D eigenvalue weighted by Gasteiger charge is -2.14. The fourth-order valence-electron chi connectivity index (χ4n) is 3.41. The zero-order valence-corrected chi connectivity index (χ0v) is 18.2. The molecule has 0 saturated carbocycles. The summed E-state index contributed by atoms with van der Waals surface area (Å²) in [5, 5.41) is 3.58. The highest BCUT2D eigenvalue weighted by atomic mass is 32.2. The van der Waals surface area contributed by atoms with Gasteiger partial charge < -0.3 is 19.1 Å². The molecule has 0 saturated heterocycles. The van der Waals surface area contributed by atoms with Crippen molar-refractivity contribution in [3.63, 3.8) is 0 Å². The second-order valence-electron chi connectivity index (χ2n) is 6.98. The Kier molecular flexibility index (Phi) is 5.18. The second kappa shape index (κ2) is 8.33. The smallest absolute Gasteiger partial charge is 0.264 e. The van der Waals surface area contributed by atoms with Crippen LogP contribution >= 0.6 is 0 Å². The molecule has 3 aromatic heterocycles. The number of oxazole rings is 2.